The molecule has 6 heteroatoms. The molecule has 0 bridgehead atoms. The molecule has 17 heavy (non-hydrogen) atoms. The fraction of sp³-hybridized carbons (Fsp3) is 0.273. The molecule has 0 aliphatic rings. The Morgan fingerprint density at radius 2 is 2.00 bits per heavy atom. The molecule has 1 rings (SSSR count). The molecule has 0 aliphatic heterocycles. The van der Waals surface area contributed by atoms with Crippen LogP contribution >= 0.6 is 0 Å². The van der Waals surface area contributed by atoms with Crippen LogP contribution in [0.5, 0.6) is 0 Å². The monoisotopic (exact) mass is 256 g/mol. The molecule has 92 valence electrons. The minimum absolute atomic E-state index is 0. The number of esters is 1. The van der Waals surface area contributed by atoms with Crippen LogP contribution in [0.2, 0.25) is 0 Å². The van der Waals surface area contributed by atoms with Gasteiger partial charge in [-0.25, -0.2) is 4.79 Å². The molecule has 0 saturated heterocycles. The third-order valence-electron chi connectivity index (χ3n) is 2.27. The van der Waals surface area contributed by atoms with E-state index in [2.05, 4.69) is 10.5 Å². The van der Waals surface area contributed by atoms with Crippen LogP contribution in [0.1, 0.15) is 17.2 Å². The number of halogens is 1. The molecule has 1 aromatic rings. The summed E-state index contributed by atoms with van der Waals surface area (Å²) in [4.78, 5) is 11.2. The van der Waals surface area contributed by atoms with Gasteiger partial charge in [-0.05, 0) is 17.7 Å². The van der Waals surface area contributed by atoms with E-state index in [1.165, 1.54) is 7.11 Å². The quantitative estimate of drug-likeness (QED) is 0.546. The van der Waals surface area contributed by atoms with Gasteiger partial charge in [0, 0.05) is 0 Å². The van der Waals surface area contributed by atoms with Gasteiger partial charge < -0.3 is 28.0 Å². The maximum atomic E-state index is 11.2. The highest BCUT2D eigenvalue weighted by Gasteiger charge is 2.28. The molecule has 2 atom stereocenters. The Kier molecular flexibility index (Phi) is 6.21. The van der Waals surface area contributed by atoms with Gasteiger partial charge in [0.15, 0.2) is 0 Å². The summed E-state index contributed by atoms with van der Waals surface area (Å²) < 4.78 is 4.49. The van der Waals surface area contributed by atoms with Crippen molar-refractivity contribution in [3.63, 3.8) is 0 Å². The molecule has 0 unspecified atom stereocenters. The van der Waals surface area contributed by atoms with Crippen LogP contribution in [0.25, 0.3) is 0 Å². The summed E-state index contributed by atoms with van der Waals surface area (Å²) in [5.74, 6) is -0.572. The zero-order valence-electron chi connectivity index (χ0n) is 9.26. The maximum absolute atomic E-state index is 11.2. The van der Waals surface area contributed by atoms with E-state index in [-0.39, 0.29) is 12.4 Å². The van der Waals surface area contributed by atoms with E-state index in [0.717, 1.165) is 0 Å². The van der Waals surface area contributed by atoms with Crippen molar-refractivity contribution in [2.45, 2.75) is 12.1 Å². The van der Waals surface area contributed by atoms with Crippen molar-refractivity contribution in [1.82, 2.24) is 0 Å². The summed E-state index contributed by atoms with van der Waals surface area (Å²) in [7, 11) is 1.24. The van der Waals surface area contributed by atoms with Crippen LogP contribution in [-0.4, -0.2) is 24.2 Å². The molecule has 0 amide bonds. The molecule has 0 saturated carbocycles. The summed E-state index contributed by atoms with van der Waals surface area (Å²) >= 11 is 0. The highest BCUT2D eigenvalue weighted by Crippen LogP contribution is 2.16. The average molecular weight is 257 g/mol. The normalized spacial score (nSPS) is 12.8. The van der Waals surface area contributed by atoms with E-state index in [1.54, 1.807) is 24.3 Å². The van der Waals surface area contributed by atoms with Gasteiger partial charge >= 0.3 is 5.97 Å². The van der Waals surface area contributed by atoms with Crippen molar-refractivity contribution in [2.24, 2.45) is 0 Å². The Bertz CT molecular complexity index is 414. The first-order valence-corrected chi connectivity index (χ1v) is 4.69. The highest BCUT2D eigenvalue weighted by atomic mass is 35.5. The number of aliphatic hydroxyl groups excluding tert-OH is 1. The van der Waals surface area contributed by atoms with Gasteiger partial charge in [0.05, 0.1) is 18.7 Å². The lowest BCUT2D eigenvalue weighted by atomic mass is 10.0. The lowest BCUT2D eigenvalue weighted by Gasteiger charge is -2.13. The van der Waals surface area contributed by atoms with E-state index < -0.39 is 18.1 Å². The lowest BCUT2D eigenvalue weighted by molar-refractivity contribution is -0.426. The number of hydrogen-bond donors (Lipinski definition) is 2. The van der Waals surface area contributed by atoms with Crippen molar-refractivity contribution < 1.29 is 32.8 Å². The van der Waals surface area contributed by atoms with Crippen LogP contribution in [0.4, 0.5) is 0 Å². The van der Waals surface area contributed by atoms with Gasteiger partial charge in [-0.1, -0.05) is 12.1 Å². The summed E-state index contributed by atoms with van der Waals surface area (Å²) in [6.07, 6.45) is -1.03. The number of aliphatic hydroxyl groups is 1. The smallest absolute Gasteiger partial charge is 0.367 e. The zero-order valence-corrected chi connectivity index (χ0v) is 10.0. The first-order valence-electron chi connectivity index (χ1n) is 4.69. The van der Waals surface area contributed by atoms with Gasteiger partial charge in [-0.15, -0.1) is 0 Å². The standard InChI is InChI=1S/C11H12N2O3.ClH/c1-16-11(15)9(13)10(14)8-4-2-7(6-12)3-5-8;/h2-5,9-10,14H,13H2,1H3;1H/t9-,10+;/m0./s1. The number of rotatable bonds is 3. The van der Waals surface area contributed by atoms with E-state index >= 15 is 0 Å². The molecule has 0 heterocycles. The molecule has 0 aliphatic carbocycles. The third-order valence-corrected chi connectivity index (χ3v) is 2.27. The molecular weight excluding hydrogens is 244 g/mol. The van der Waals surface area contributed by atoms with E-state index in [0.29, 0.717) is 11.1 Å². The fourth-order valence-corrected chi connectivity index (χ4v) is 1.27. The highest BCUT2D eigenvalue weighted by molar-refractivity contribution is 5.74. The number of nitriles is 1. The van der Waals surface area contributed by atoms with Gasteiger partial charge in [0.1, 0.15) is 6.10 Å². The lowest BCUT2D eigenvalue weighted by Crippen LogP contribution is -3.00. The van der Waals surface area contributed by atoms with Crippen LogP contribution < -0.4 is 18.1 Å². The molecule has 0 spiro atoms. The molecule has 0 aromatic heterocycles. The van der Waals surface area contributed by atoms with Gasteiger partial charge in [-0.2, -0.15) is 5.26 Å². The number of ether oxygens (including phenoxy) is 1. The predicted octanol–water partition coefficient (Wildman–Crippen LogP) is -3.62. The van der Waals surface area contributed by atoms with Crippen LogP contribution in [-0.2, 0) is 9.53 Å². The van der Waals surface area contributed by atoms with Gasteiger partial charge in [-0.3, -0.25) is 0 Å². The molecular formula is C11H13ClN2O3. The van der Waals surface area contributed by atoms with Crippen molar-refractivity contribution in [3.05, 3.63) is 35.4 Å². The Labute approximate surface area is 105 Å². The third kappa shape index (κ3) is 3.71. The van der Waals surface area contributed by atoms with E-state index in [9.17, 15) is 9.90 Å². The number of hydrogen-bond acceptors (Lipinski definition) is 4. The average Bonchev–Trinajstić information content (AvgIpc) is 2.36. The largest absolute Gasteiger partial charge is 1.00 e. The second-order valence-electron chi connectivity index (χ2n) is 3.31. The molecule has 0 radical (unpaired) electrons. The Hall–Kier alpha value is -1.61. The second kappa shape index (κ2) is 6.86. The number of nitrogens with zero attached hydrogens (tertiary/aromatic N) is 1. The molecule has 1 aromatic carbocycles. The van der Waals surface area contributed by atoms with Crippen LogP contribution in [0.15, 0.2) is 24.3 Å². The van der Waals surface area contributed by atoms with Crippen LogP contribution in [0, 0.1) is 11.3 Å². The van der Waals surface area contributed by atoms with Crippen molar-refractivity contribution in [1.29, 1.82) is 5.26 Å². The topological polar surface area (TPSA) is 98.0 Å². The predicted molar refractivity (Wildman–Crippen MR) is 54.8 cm³/mol. The second-order valence-corrected chi connectivity index (χ2v) is 3.31. The summed E-state index contributed by atoms with van der Waals surface area (Å²) in [6.45, 7) is 0. The van der Waals surface area contributed by atoms with Crippen molar-refractivity contribution in [3.8, 4) is 6.07 Å². The SMILES string of the molecule is COC(=O)[C@@H]([NH3+])[C@H](O)c1ccc(C#N)cc1.[Cl-]. The molecule has 5 nitrogen and oxygen atoms in total. The number of methoxy groups -OCH3 is 1. The number of carbonyl (C=O) groups is 1. The van der Waals surface area contributed by atoms with Gasteiger partial charge in [0.25, 0.3) is 0 Å². The van der Waals surface area contributed by atoms with E-state index in [4.69, 9.17) is 5.26 Å². The summed E-state index contributed by atoms with van der Waals surface area (Å²) in [5, 5.41) is 18.4. The number of carbonyl (C=O) groups excluding carboxylic acids is 1. The maximum Gasteiger partial charge on any atom is 0.367 e. The van der Waals surface area contributed by atoms with Crippen LogP contribution in [0.3, 0.4) is 0 Å². The summed E-state index contributed by atoms with van der Waals surface area (Å²) in [6, 6.07) is 7.41. The minimum atomic E-state index is -1.03. The number of quaternary nitrogens is 1. The molecule has 0 fully saturated rings. The fourth-order valence-electron chi connectivity index (χ4n) is 1.27. The Morgan fingerprint density at radius 1 is 1.47 bits per heavy atom. The number of benzene rings is 1. The van der Waals surface area contributed by atoms with Gasteiger partial charge in [0.2, 0.25) is 6.04 Å². The van der Waals surface area contributed by atoms with E-state index in [1.807, 2.05) is 6.07 Å². The Morgan fingerprint density at radius 3 is 2.41 bits per heavy atom. The molecule has 4 N–H and O–H groups in total. The van der Waals surface area contributed by atoms with Crippen molar-refractivity contribution in [2.75, 3.05) is 7.11 Å². The minimum Gasteiger partial charge on any atom is -1.00 e. The first-order chi connectivity index (χ1) is 7.60. The Balaban J connectivity index is 0.00000256. The van der Waals surface area contributed by atoms with Crippen molar-refractivity contribution >= 4 is 5.97 Å². The summed E-state index contributed by atoms with van der Waals surface area (Å²) in [5.41, 5.74) is 4.57. The zero-order chi connectivity index (χ0) is 12.1. The first kappa shape index (κ1) is 15.4.